The molecule has 0 spiro atoms. The summed E-state index contributed by atoms with van der Waals surface area (Å²) in [5.74, 6) is 0.113. The molecule has 1 N–H and O–H groups in total. The fraction of sp³-hybridized carbons (Fsp3) is 0.250. The second-order valence-corrected chi connectivity index (χ2v) is 5.60. The number of furan rings is 1. The van der Waals surface area contributed by atoms with Crippen LogP contribution in [0.1, 0.15) is 5.76 Å². The Labute approximate surface area is 148 Å². The number of rotatable bonds is 5. The second kappa shape index (κ2) is 7.13. The lowest BCUT2D eigenvalue weighted by atomic mass is 10.1. The zero-order valence-electron chi connectivity index (χ0n) is 14.2. The number of urea groups is 1. The van der Waals surface area contributed by atoms with Gasteiger partial charge in [-0.3, -0.25) is 19.4 Å². The number of aliphatic imine (C=N–C) groups is 1. The average Bonchev–Trinajstić information content (AvgIpc) is 3.28. The van der Waals surface area contributed by atoms with Crippen molar-refractivity contribution < 1.29 is 23.4 Å². The predicted molar refractivity (Wildman–Crippen MR) is 92.7 cm³/mol. The van der Waals surface area contributed by atoms with Gasteiger partial charge in [0.2, 0.25) is 0 Å². The number of likely N-dealkylation sites (N-methyl/N-ethyl adjacent to an activating group) is 2. The normalized spacial score (nSPS) is 20.0. The van der Waals surface area contributed by atoms with E-state index in [0.717, 1.165) is 4.90 Å². The Bertz CT molecular complexity index is 852. The molecule has 1 unspecified atom stereocenters. The minimum atomic E-state index is -0.795. The fourth-order valence-electron chi connectivity index (χ4n) is 2.55. The van der Waals surface area contributed by atoms with Crippen molar-refractivity contribution in [1.29, 1.82) is 0 Å². The minimum Gasteiger partial charge on any atom is -0.465 e. The van der Waals surface area contributed by atoms with E-state index in [4.69, 9.17) is 4.42 Å². The van der Waals surface area contributed by atoms with Gasteiger partial charge in [0.05, 0.1) is 6.26 Å². The van der Waals surface area contributed by atoms with Crippen molar-refractivity contribution in [3.05, 3.63) is 30.2 Å². The van der Waals surface area contributed by atoms with Crippen LogP contribution in [0.5, 0.6) is 0 Å². The van der Waals surface area contributed by atoms with Gasteiger partial charge in [0.15, 0.2) is 6.54 Å². The molecule has 0 saturated carbocycles. The Balaban J connectivity index is 1.55. The maximum absolute atomic E-state index is 12.3. The van der Waals surface area contributed by atoms with Crippen LogP contribution in [0.4, 0.5) is 4.79 Å². The fourth-order valence-corrected chi connectivity index (χ4v) is 2.55. The van der Waals surface area contributed by atoms with E-state index in [2.05, 4.69) is 15.5 Å². The molecule has 0 radical (unpaired) electrons. The van der Waals surface area contributed by atoms with E-state index < -0.39 is 23.9 Å². The van der Waals surface area contributed by atoms with Crippen molar-refractivity contribution in [3.8, 4) is 0 Å². The number of nitrogens with zero attached hydrogens (tertiary/aromatic N) is 5. The summed E-state index contributed by atoms with van der Waals surface area (Å²) >= 11 is 0. The third kappa shape index (κ3) is 3.29. The summed E-state index contributed by atoms with van der Waals surface area (Å²) < 4.78 is 6.57. The number of hydrogen-bond acceptors (Lipinski definition) is 6. The highest BCUT2D eigenvalue weighted by atomic mass is 16.3. The first-order valence-corrected chi connectivity index (χ1v) is 7.73. The third-order valence-electron chi connectivity index (χ3n) is 3.88. The smallest absolute Gasteiger partial charge is 0.333 e. The molecule has 1 aromatic heterocycles. The molecule has 10 heteroatoms. The highest BCUT2D eigenvalue weighted by Gasteiger charge is 2.50. The number of amidine groups is 1. The number of hydrogen-bond donors (Lipinski definition) is 1. The van der Waals surface area contributed by atoms with E-state index in [1.165, 1.54) is 36.1 Å². The standard InChI is InChI=1S/C16H16N6O4/c1-20-14-13(15(24)21(2)16(20)25)22(10-17-14)9-12(23)19-18-7-3-5-11-6-4-8-26-11/h3-8,10,13H,9H2,1-2H3/p+1/b5-3-,18-7+. The van der Waals surface area contributed by atoms with Gasteiger partial charge in [0, 0.05) is 20.3 Å². The lowest BCUT2D eigenvalue weighted by Crippen LogP contribution is -2.61. The first-order chi connectivity index (χ1) is 12.5. The highest BCUT2D eigenvalue weighted by Crippen LogP contribution is 2.16. The number of carbonyl (C=O) groups excluding carboxylic acids is 3. The first kappa shape index (κ1) is 17.3. The quantitative estimate of drug-likeness (QED) is 0.445. The Kier molecular flexibility index (Phi) is 4.74. The molecule has 1 aromatic rings. The summed E-state index contributed by atoms with van der Waals surface area (Å²) in [6.07, 6.45) is 7.63. The van der Waals surface area contributed by atoms with Gasteiger partial charge < -0.3 is 4.42 Å². The lowest BCUT2D eigenvalue weighted by molar-refractivity contribution is -0.519. The Morgan fingerprint density at radius 3 is 2.96 bits per heavy atom. The van der Waals surface area contributed by atoms with Crippen LogP contribution >= 0.6 is 0 Å². The largest absolute Gasteiger partial charge is 0.465 e. The van der Waals surface area contributed by atoms with Gasteiger partial charge in [0.1, 0.15) is 5.76 Å². The molecule has 10 nitrogen and oxygen atoms in total. The molecule has 4 amide bonds. The number of imide groups is 1. The highest BCUT2D eigenvalue weighted by molar-refractivity contribution is 6.21. The van der Waals surface area contributed by atoms with E-state index in [1.54, 1.807) is 30.5 Å². The maximum atomic E-state index is 12.3. The summed E-state index contributed by atoms with van der Waals surface area (Å²) in [5.41, 5.74) is 2.36. The van der Waals surface area contributed by atoms with Gasteiger partial charge in [-0.15, -0.1) is 0 Å². The summed E-state index contributed by atoms with van der Waals surface area (Å²) in [4.78, 5) is 42.6. The summed E-state index contributed by atoms with van der Waals surface area (Å²) in [6.45, 7) is -0.126. The molecule has 134 valence electrons. The molecular weight excluding hydrogens is 340 g/mol. The van der Waals surface area contributed by atoms with Crippen LogP contribution in [0, 0.1) is 0 Å². The minimum absolute atomic E-state index is 0.126. The predicted octanol–water partition coefficient (Wildman–Crippen LogP) is -0.260. The topological polar surface area (TPSA) is 111 Å². The summed E-state index contributed by atoms with van der Waals surface area (Å²) in [7, 11) is 2.92. The van der Waals surface area contributed by atoms with Crippen LogP contribution in [0.15, 0.2) is 39.0 Å². The molecule has 1 atom stereocenters. The van der Waals surface area contributed by atoms with Crippen LogP contribution in [0.2, 0.25) is 0 Å². The summed E-state index contributed by atoms with van der Waals surface area (Å²) in [5, 5.41) is 3.79. The van der Waals surface area contributed by atoms with Gasteiger partial charge in [-0.05, 0) is 29.3 Å². The van der Waals surface area contributed by atoms with Gasteiger partial charge in [-0.25, -0.2) is 14.8 Å². The Hall–Kier alpha value is -3.56. The van der Waals surface area contributed by atoms with Crippen molar-refractivity contribution in [1.82, 2.24) is 15.2 Å². The molecule has 1 fully saturated rings. The first-order valence-electron chi connectivity index (χ1n) is 7.73. The number of amides is 4. The molecule has 0 aromatic carbocycles. The Morgan fingerprint density at radius 1 is 1.42 bits per heavy atom. The number of nitrogens with one attached hydrogen (secondary N) is 1. The van der Waals surface area contributed by atoms with E-state index >= 15 is 0 Å². The SMILES string of the molecule is CN1C(=O)C2C(=NC=[N+]2CC(=O)N/N=C/C=C\c2ccco2)N(C)C1=O. The van der Waals surface area contributed by atoms with Crippen LogP contribution in [-0.2, 0) is 9.59 Å². The van der Waals surface area contributed by atoms with Crippen molar-refractivity contribution in [2.45, 2.75) is 6.04 Å². The number of carbonyl (C=O) groups is 3. The van der Waals surface area contributed by atoms with Crippen LogP contribution in [-0.4, -0.2) is 77.3 Å². The van der Waals surface area contributed by atoms with E-state index in [9.17, 15) is 14.4 Å². The van der Waals surface area contributed by atoms with Crippen molar-refractivity contribution in [2.24, 2.45) is 10.1 Å². The molecule has 3 heterocycles. The van der Waals surface area contributed by atoms with Crippen LogP contribution in [0.25, 0.3) is 6.08 Å². The molecule has 0 bridgehead atoms. The monoisotopic (exact) mass is 357 g/mol. The van der Waals surface area contributed by atoms with Gasteiger partial charge in [0.25, 0.3) is 30.0 Å². The number of fused-ring (bicyclic) bond motifs is 1. The molecule has 2 aliphatic heterocycles. The van der Waals surface area contributed by atoms with E-state index in [1.807, 2.05) is 0 Å². The molecular formula is C16H17N6O4+. The van der Waals surface area contributed by atoms with Crippen molar-refractivity contribution in [2.75, 3.05) is 20.6 Å². The zero-order chi connectivity index (χ0) is 18.7. The van der Waals surface area contributed by atoms with E-state index in [0.29, 0.717) is 11.6 Å². The average molecular weight is 357 g/mol. The zero-order valence-corrected chi connectivity index (χ0v) is 14.2. The third-order valence-corrected chi connectivity index (χ3v) is 3.88. The summed E-state index contributed by atoms with van der Waals surface area (Å²) in [6, 6.07) is 2.29. The maximum Gasteiger partial charge on any atom is 0.333 e. The Morgan fingerprint density at radius 2 is 2.23 bits per heavy atom. The molecule has 2 aliphatic rings. The van der Waals surface area contributed by atoms with Crippen molar-refractivity contribution in [3.63, 3.8) is 0 Å². The lowest BCUT2D eigenvalue weighted by Gasteiger charge is -2.30. The van der Waals surface area contributed by atoms with Crippen molar-refractivity contribution >= 4 is 42.3 Å². The van der Waals surface area contributed by atoms with Crippen LogP contribution in [0.3, 0.4) is 0 Å². The number of allylic oxidation sites excluding steroid dienone is 1. The van der Waals surface area contributed by atoms with E-state index in [-0.39, 0.29) is 6.54 Å². The van der Waals surface area contributed by atoms with Gasteiger partial charge >= 0.3 is 6.03 Å². The molecule has 1 saturated heterocycles. The molecule has 3 rings (SSSR count). The molecule has 26 heavy (non-hydrogen) atoms. The van der Waals surface area contributed by atoms with Gasteiger partial charge in [-0.2, -0.15) is 5.10 Å². The van der Waals surface area contributed by atoms with Crippen LogP contribution < -0.4 is 5.43 Å². The molecule has 0 aliphatic carbocycles. The number of hydrazone groups is 1. The second-order valence-electron chi connectivity index (χ2n) is 5.60. The van der Waals surface area contributed by atoms with Gasteiger partial charge in [-0.1, -0.05) is 0 Å².